The van der Waals surface area contributed by atoms with E-state index in [1.54, 1.807) is 67.8 Å². The summed E-state index contributed by atoms with van der Waals surface area (Å²) in [6.07, 6.45) is 3.18. The van der Waals surface area contributed by atoms with Crippen LogP contribution in [0.4, 0.5) is 5.69 Å². The number of aromatic nitrogens is 1. The molecule has 3 aromatic rings. The van der Waals surface area contributed by atoms with Gasteiger partial charge in [-0.1, -0.05) is 29.8 Å². The Balaban J connectivity index is 1.66. The van der Waals surface area contributed by atoms with Gasteiger partial charge in [0.2, 0.25) is 10.0 Å². The summed E-state index contributed by atoms with van der Waals surface area (Å²) >= 11 is 6.01. The standard InChI is InChI=1S/C20H18ClN3O3S/c1-14-18(21)5-2-6-19(14)28(26,27)23-12-15-7-9-16(10-8-15)20(25)24-17-4-3-11-22-13-17/h2-11,13,23H,12H2,1H3,(H,24,25). The number of sulfonamides is 1. The highest BCUT2D eigenvalue weighted by Gasteiger charge is 2.17. The number of carbonyl (C=O) groups excluding carboxylic acids is 1. The first-order valence-electron chi connectivity index (χ1n) is 8.42. The molecule has 0 atom stereocenters. The molecule has 0 radical (unpaired) electrons. The molecule has 1 heterocycles. The highest BCUT2D eigenvalue weighted by atomic mass is 35.5. The Morgan fingerprint density at radius 3 is 2.50 bits per heavy atom. The lowest BCUT2D eigenvalue weighted by atomic mass is 10.1. The van der Waals surface area contributed by atoms with Gasteiger partial charge in [0, 0.05) is 23.3 Å². The molecule has 0 unspecified atom stereocenters. The largest absolute Gasteiger partial charge is 0.321 e. The van der Waals surface area contributed by atoms with Gasteiger partial charge in [0.05, 0.1) is 16.8 Å². The number of amides is 1. The molecule has 0 aliphatic carbocycles. The fourth-order valence-electron chi connectivity index (χ4n) is 2.55. The summed E-state index contributed by atoms with van der Waals surface area (Å²) in [5, 5.41) is 3.14. The number of halogens is 1. The lowest BCUT2D eigenvalue weighted by Crippen LogP contribution is -2.24. The Hall–Kier alpha value is -2.74. The normalized spacial score (nSPS) is 11.2. The third-order valence-electron chi connectivity index (χ3n) is 4.11. The maximum absolute atomic E-state index is 12.5. The van der Waals surface area contributed by atoms with E-state index < -0.39 is 10.0 Å². The monoisotopic (exact) mass is 415 g/mol. The Morgan fingerprint density at radius 2 is 1.82 bits per heavy atom. The lowest BCUT2D eigenvalue weighted by molar-refractivity contribution is 0.102. The number of benzene rings is 2. The van der Waals surface area contributed by atoms with Crippen LogP contribution in [-0.2, 0) is 16.6 Å². The number of nitrogens with one attached hydrogen (secondary N) is 2. The van der Waals surface area contributed by atoms with Crippen LogP contribution < -0.4 is 10.0 Å². The maximum atomic E-state index is 12.5. The number of rotatable bonds is 6. The van der Waals surface area contributed by atoms with Gasteiger partial charge in [0.25, 0.3) is 5.91 Å². The molecular formula is C20H18ClN3O3S. The fraction of sp³-hybridized carbons (Fsp3) is 0.100. The molecule has 0 saturated carbocycles. The van der Waals surface area contributed by atoms with E-state index in [0.717, 1.165) is 5.56 Å². The van der Waals surface area contributed by atoms with Crippen LogP contribution in [0.25, 0.3) is 0 Å². The molecule has 0 aliphatic heterocycles. The van der Waals surface area contributed by atoms with Crippen LogP contribution in [0.1, 0.15) is 21.5 Å². The molecule has 2 N–H and O–H groups in total. The van der Waals surface area contributed by atoms with Gasteiger partial charge in [-0.15, -0.1) is 0 Å². The van der Waals surface area contributed by atoms with Gasteiger partial charge >= 0.3 is 0 Å². The van der Waals surface area contributed by atoms with Crippen LogP contribution >= 0.6 is 11.6 Å². The van der Waals surface area contributed by atoms with Gasteiger partial charge in [-0.2, -0.15) is 0 Å². The zero-order chi connectivity index (χ0) is 20.1. The summed E-state index contributed by atoms with van der Waals surface area (Å²) in [6.45, 7) is 1.76. The zero-order valence-corrected chi connectivity index (χ0v) is 16.6. The molecule has 1 amide bonds. The topological polar surface area (TPSA) is 88.2 Å². The second-order valence-electron chi connectivity index (χ2n) is 6.08. The lowest BCUT2D eigenvalue weighted by Gasteiger charge is -2.11. The van der Waals surface area contributed by atoms with Crippen molar-refractivity contribution < 1.29 is 13.2 Å². The Labute approximate surface area is 168 Å². The average Bonchev–Trinajstić information content (AvgIpc) is 2.69. The molecule has 3 rings (SSSR count). The van der Waals surface area contributed by atoms with Crippen LogP contribution in [0.3, 0.4) is 0 Å². The molecule has 1 aromatic heterocycles. The molecular weight excluding hydrogens is 398 g/mol. The Bertz CT molecular complexity index is 1090. The predicted octanol–water partition coefficient (Wildman–Crippen LogP) is 3.77. The van der Waals surface area contributed by atoms with Gasteiger partial charge in [-0.05, 0) is 54.4 Å². The summed E-state index contributed by atoms with van der Waals surface area (Å²) in [7, 11) is -3.70. The number of carbonyl (C=O) groups is 1. The number of hydrogen-bond acceptors (Lipinski definition) is 4. The quantitative estimate of drug-likeness (QED) is 0.641. The van der Waals surface area contributed by atoms with Gasteiger partial charge in [0.15, 0.2) is 0 Å². The first-order chi connectivity index (χ1) is 13.4. The average molecular weight is 416 g/mol. The van der Waals surface area contributed by atoms with Crippen LogP contribution in [0, 0.1) is 6.92 Å². The summed E-state index contributed by atoms with van der Waals surface area (Å²) < 4.78 is 27.6. The molecule has 28 heavy (non-hydrogen) atoms. The Kier molecular flexibility index (Phi) is 6.08. The van der Waals surface area contributed by atoms with E-state index in [1.807, 2.05) is 0 Å². The first kappa shape index (κ1) is 20.0. The van der Waals surface area contributed by atoms with Crippen molar-refractivity contribution in [2.24, 2.45) is 0 Å². The SMILES string of the molecule is Cc1c(Cl)cccc1S(=O)(=O)NCc1ccc(C(=O)Nc2cccnc2)cc1. The number of hydrogen-bond donors (Lipinski definition) is 2. The van der Waals surface area contributed by atoms with Crippen LogP contribution in [0.2, 0.25) is 5.02 Å². The van der Waals surface area contributed by atoms with Crippen molar-refractivity contribution in [1.82, 2.24) is 9.71 Å². The van der Waals surface area contributed by atoms with Gasteiger partial charge in [0.1, 0.15) is 0 Å². The first-order valence-corrected chi connectivity index (χ1v) is 10.3. The van der Waals surface area contributed by atoms with E-state index in [0.29, 0.717) is 21.8 Å². The molecule has 0 bridgehead atoms. The van der Waals surface area contributed by atoms with E-state index in [4.69, 9.17) is 11.6 Å². The summed E-state index contributed by atoms with van der Waals surface area (Å²) in [5.41, 5.74) is 2.28. The second-order valence-corrected chi connectivity index (χ2v) is 8.22. The predicted molar refractivity (Wildman–Crippen MR) is 109 cm³/mol. The molecule has 0 aliphatic rings. The Morgan fingerprint density at radius 1 is 1.07 bits per heavy atom. The fourth-order valence-corrected chi connectivity index (χ4v) is 4.06. The van der Waals surface area contributed by atoms with Crippen molar-refractivity contribution in [3.8, 4) is 0 Å². The number of nitrogens with zero attached hydrogens (tertiary/aromatic N) is 1. The van der Waals surface area contributed by atoms with Gasteiger partial charge in [-0.3, -0.25) is 9.78 Å². The molecule has 0 saturated heterocycles. The minimum atomic E-state index is -3.70. The van der Waals surface area contributed by atoms with E-state index >= 15 is 0 Å². The summed E-state index contributed by atoms with van der Waals surface area (Å²) in [4.78, 5) is 16.3. The van der Waals surface area contributed by atoms with Gasteiger partial charge < -0.3 is 5.32 Å². The zero-order valence-electron chi connectivity index (χ0n) is 15.0. The summed E-state index contributed by atoms with van der Waals surface area (Å²) in [6, 6.07) is 14.9. The molecule has 8 heteroatoms. The third-order valence-corrected chi connectivity index (χ3v) is 6.06. The maximum Gasteiger partial charge on any atom is 0.255 e. The van der Waals surface area contributed by atoms with Crippen molar-refractivity contribution in [3.05, 3.63) is 88.7 Å². The molecule has 144 valence electrons. The van der Waals surface area contributed by atoms with Crippen molar-refractivity contribution in [2.75, 3.05) is 5.32 Å². The van der Waals surface area contributed by atoms with Crippen molar-refractivity contribution >= 4 is 33.2 Å². The van der Waals surface area contributed by atoms with E-state index in [9.17, 15) is 13.2 Å². The highest BCUT2D eigenvalue weighted by molar-refractivity contribution is 7.89. The second kappa shape index (κ2) is 8.52. The highest BCUT2D eigenvalue weighted by Crippen LogP contribution is 2.22. The third kappa shape index (κ3) is 4.75. The molecule has 0 fully saturated rings. The van der Waals surface area contributed by atoms with Crippen molar-refractivity contribution in [2.45, 2.75) is 18.4 Å². The smallest absolute Gasteiger partial charge is 0.255 e. The van der Waals surface area contributed by atoms with Crippen molar-refractivity contribution in [1.29, 1.82) is 0 Å². The van der Waals surface area contributed by atoms with Crippen LogP contribution in [0.5, 0.6) is 0 Å². The molecule has 0 spiro atoms. The van der Waals surface area contributed by atoms with E-state index in [2.05, 4.69) is 15.0 Å². The number of anilines is 1. The summed E-state index contributed by atoms with van der Waals surface area (Å²) in [5.74, 6) is -0.269. The van der Waals surface area contributed by atoms with Crippen LogP contribution in [-0.4, -0.2) is 19.3 Å². The van der Waals surface area contributed by atoms with E-state index in [-0.39, 0.29) is 17.3 Å². The number of pyridine rings is 1. The minimum Gasteiger partial charge on any atom is -0.321 e. The van der Waals surface area contributed by atoms with Crippen LogP contribution in [0.15, 0.2) is 71.9 Å². The van der Waals surface area contributed by atoms with Crippen molar-refractivity contribution in [3.63, 3.8) is 0 Å². The molecule has 6 nitrogen and oxygen atoms in total. The van der Waals surface area contributed by atoms with E-state index in [1.165, 1.54) is 6.07 Å². The minimum absolute atomic E-state index is 0.0960. The molecule has 2 aromatic carbocycles. The van der Waals surface area contributed by atoms with Gasteiger partial charge in [-0.25, -0.2) is 13.1 Å².